The molecule has 0 aliphatic heterocycles. The summed E-state index contributed by atoms with van der Waals surface area (Å²) in [4.78, 5) is 8.39. The SMILES string of the molecule is CN=C(NCCOc1ncccc1Cl)NCC1(CCOC)CCCC1. The number of ether oxygens (including phenoxy) is 2. The smallest absolute Gasteiger partial charge is 0.232 e. The predicted octanol–water partition coefficient (Wildman–Crippen LogP) is 2.88. The highest BCUT2D eigenvalue weighted by Crippen LogP contribution is 2.40. The van der Waals surface area contributed by atoms with E-state index < -0.39 is 0 Å². The van der Waals surface area contributed by atoms with Crippen LogP contribution in [0.3, 0.4) is 0 Å². The molecule has 7 heteroatoms. The highest BCUT2D eigenvalue weighted by atomic mass is 35.5. The van der Waals surface area contributed by atoms with Gasteiger partial charge in [-0.2, -0.15) is 0 Å². The number of pyridine rings is 1. The molecule has 0 unspecified atom stereocenters. The number of aromatic nitrogens is 1. The van der Waals surface area contributed by atoms with Gasteiger partial charge in [0.25, 0.3) is 0 Å². The topological polar surface area (TPSA) is 67.8 Å². The second-order valence-electron chi connectivity index (χ2n) is 6.44. The Kier molecular flexibility index (Phi) is 8.28. The fourth-order valence-electron chi connectivity index (χ4n) is 3.25. The Labute approximate surface area is 155 Å². The molecule has 0 radical (unpaired) electrons. The summed E-state index contributed by atoms with van der Waals surface area (Å²) in [7, 11) is 3.55. The van der Waals surface area contributed by atoms with Crippen LogP contribution in [0.25, 0.3) is 0 Å². The second-order valence-corrected chi connectivity index (χ2v) is 6.85. The number of nitrogens with one attached hydrogen (secondary N) is 2. The Morgan fingerprint density at radius 3 is 2.80 bits per heavy atom. The van der Waals surface area contributed by atoms with Crippen LogP contribution >= 0.6 is 11.6 Å². The Bertz CT molecular complexity index is 548. The highest BCUT2D eigenvalue weighted by molar-refractivity contribution is 6.31. The molecule has 6 nitrogen and oxygen atoms in total. The van der Waals surface area contributed by atoms with E-state index in [0.717, 1.165) is 25.5 Å². The molecule has 2 N–H and O–H groups in total. The van der Waals surface area contributed by atoms with Gasteiger partial charge in [-0.3, -0.25) is 4.99 Å². The zero-order chi connectivity index (χ0) is 18.0. The Morgan fingerprint density at radius 2 is 2.12 bits per heavy atom. The van der Waals surface area contributed by atoms with Gasteiger partial charge in [0.05, 0.1) is 6.54 Å². The first-order chi connectivity index (χ1) is 12.2. The third-order valence-corrected chi connectivity index (χ3v) is 5.00. The molecule has 1 aliphatic carbocycles. The van der Waals surface area contributed by atoms with Gasteiger partial charge in [-0.25, -0.2) is 4.98 Å². The zero-order valence-corrected chi connectivity index (χ0v) is 15.9. The van der Waals surface area contributed by atoms with Gasteiger partial charge in [-0.15, -0.1) is 0 Å². The zero-order valence-electron chi connectivity index (χ0n) is 15.2. The molecule has 2 rings (SSSR count). The minimum Gasteiger partial charge on any atom is -0.475 e. The third kappa shape index (κ3) is 6.36. The van der Waals surface area contributed by atoms with Gasteiger partial charge in [-0.05, 0) is 36.8 Å². The Balaban J connectivity index is 1.72. The Hall–Kier alpha value is -1.53. The molecule has 1 fully saturated rings. The van der Waals surface area contributed by atoms with E-state index in [1.807, 2.05) is 0 Å². The number of methoxy groups -OCH3 is 1. The summed E-state index contributed by atoms with van der Waals surface area (Å²) >= 11 is 6.02. The van der Waals surface area contributed by atoms with E-state index in [4.69, 9.17) is 21.1 Å². The van der Waals surface area contributed by atoms with Crippen LogP contribution in [-0.4, -0.2) is 51.4 Å². The summed E-state index contributed by atoms with van der Waals surface area (Å²) in [5.74, 6) is 1.25. The van der Waals surface area contributed by atoms with Crippen LogP contribution < -0.4 is 15.4 Å². The summed E-state index contributed by atoms with van der Waals surface area (Å²) in [5.41, 5.74) is 0.325. The number of aliphatic imine (C=N–C) groups is 1. The average molecular weight is 369 g/mol. The van der Waals surface area contributed by atoms with Gasteiger partial charge in [0, 0.05) is 33.5 Å². The fraction of sp³-hybridized carbons (Fsp3) is 0.667. The molecule has 25 heavy (non-hydrogen) atoms. The number of nitrogens with zero attached hydrogens (tertiary/aromatic N) is 2. The molecule has 1 aromatic rings. The van der Waals surface area contributed by atoms with Crippen LogP contribution in [0.4, 0.5) is 0 Å². The first kappa shape index (κ1) is 19.8. The molecule has 0 bridgehead atoms. The van der Waals surface area contributed by atoms with Crippen LogP contribution in [0.2, 0.25) is 5.02 Å². The summed E-state index contributed by atoms with van der Waals surface area (Å²) < 4.78 is 10.9. The normalized spacial score (nSPS) is 16.7. The maximum absolute atomic E-state index is 6.02. The van der Waals surface area contributed by atoms with E-state index in [0.29, 0.717) is 29.5 Å². The molecule has 0 amide bonds. The van der Waals surface area contributed by atoms with E-state index in [-0.39, 0.29) is 0 Å². The fourth-order valence-corrected chi connectivity index (χ4v) is 3.42. The quantitative estimate of drug-likeness (QED) is 0.398. The average Bonchev–Trinajstić information content (AvgIpc) is 3.10. The standard InChI is InChI=1S/C18H29ClN4O2/c1-20-17(22-11-13-25-16-15(19)6-5-10-21-16)23-14-18(9-12-24-2)7-3-4-8-18/h5-6,10H,3-4,7-9,11-14H2,1-2H3,(H2,20,22,23). The van der Waals surface area contributed by atoms with Crippen molar-refractivity contribution in [3.05, 3.63) is 23.4 Å². The molecule has 1 aromatic heterocycles. The molecule has 0 spiro atoms. The van der Waals surface area contributed by atoms with Gasteiger partial charge in [0.2, 0.25) is 5.88 Å². The van der Waals surface area contributed by atoms with Crippen molar-refractivity contribution in [2.24, 2.45) is 10.4 Å². The van der Waals surface area contributed by atoms with E-state index in [9.17, 15) is 0 Å². The van der Waals surface area contributed by atoms with Crippen LogP contribution in [0.15, 0.2) is 23.3 Å². The number of hydrogen-bond donors (Lipinski definition) is 2. The van der Waals surface area contributed by atoms with Crippen molar-refractivity contribution in [2.75, 3.05) is 40.5 Å². The molecule has 1 aliphatic rings. The minimum absolute atomic E-state index is 0.325. The number of hydrogen-bond acceptors (Lipinski definition) is 4. The van der Waals surface area contributed by atoms with Crippen molar-refractivity contribution in [1.82, 2.24) is 15.6 Å². The van der Waals surface area contributed by atoms with Crippen LogP contribution in [0.5, 0.6) is 5.88 Å². The summed E-state index contributed by atoms with van der Waals surface area (Å²) in [5, 5.41) is 7.25. The van der Waals surface area contributed by atoms with Crippen LogP contribution in [-0.2, 0) is 4.74 Å². The number of guanidine groups is 1. The molecule has 1 saturated carbocycles. The van der Waals surface area contributed by atoms with Gasteiger partial charge in [-0.1, -0.05) is 24.4 Å². The summed E-state index contributed by atoms with van der Waals surface area (Å²) in [6.07, 6.45) is 7.86. The lowest BCUT2D eigenvalue weighted by Crippen LogP contribution is -2.44. The molecular formula is C18H29ClN4O2. The van der Waals surface area contributed by atoms with E-state index in [1.165, 1.54) is 25.7 Å². The summed E-state index contributed by atoms with van der Waals surface area (Å²) in [6, 6.07) is 3.54. The van der Waals surface area contributed by atoms with E-state index in [2.05, 4.69) is 20.6 Å². The number of halogens is 1. The first-order valence-electron chi connectivity index (χ1n) is 8.86. The van der Waals surface area contributed by atoms with Crippen molar-refractivity contribution in [3.8, 4) is 5.88 Å². The maximum atomic E-state index is 6.02. The van der Waals surface area contributed by atoms with Gasteiger partial charge in [0.1, 0.15) is 11.6 Å². The second kappa shape index (κ2) is 10.5. The minimum atomic E-state index is 0.325. The van der Waals surface area contributed by atoms with Crippen molar-refractivity contribution < 1.29 is 9.47 Å². The lowest BCUT2D eigenvalue weighted by molar-refractivity contribution is 0.138. The molecular weight excluding hydrogens is 340 g/mol. The highest BCUT2D eigenvalue weighted by Gasteiger charge is 2.33. The van der Waals surface area contributed by atoms with Crippen LogP contribution in [0.1, 0.15) is 32.1 Å². The van der Waals surface area contributed by atoms with Gasteiger partial charge in [0.15, 0.2) is 5.96 Å². The maximum Gasteiger partial charge on any atom is 0.232 e. The largest absolute Gasteiger partial charge is 0.475 e. The number of rotatable bonds is 9. The molecule has 140 valence electrons. The molecule has 0 aromatic carbocycles. The monoisotopic (exact) mass is 368 g/mol. The first-order valence-corrected chi connectivity index (χ1v) is 9.24. The molecule has 1 heterocycles. The summed E-state index contributed by atoms with van der Waals surface area (Å²) in [6.45, 7) is 2.82. The Morgan fingerprint density at radius 1 is 1.32 bits per heavy atom. The molecule has 0 saturated heterocycles. The predicted molar refractivity (Wildman–Crippen MR) is 102 cm³/mol. The van der Waals surface area contributed by atoms with Gasteiger partial charge < -0.3 is 20.1 Å². The molecule has 0 atom stereocenters. The van der Waals surface area contributed by atoms with Crippen molar-refractivity contribution in [3.63, 3.8) is 0 Å². The lowest BCUT2D eigenvalue weighted by atomic mass is 9.83. The van der Waals surface area contributed by atoms with E-state index in [1.54, 1.807) is 32.5 Å². The van der Waals surface area contributed by atoms with Crippen molar-refractivity contribution in [2.45, 2.75) is 32.1 Å². The van der Waals surface area contributed by atoms with Crippen molar-refractivity contribution in [1.29, 1.82) is 0 Å². The van der Waals surface area contributed by atoms with E-state index >= 15 is 0 Å². The van der Waals surface area contributed by atoms with Crippen molar-refractivity contribution >= 4 is 17.6 Å². The van der Waals surface area contributed by atoms with Gasteiger partial charge >= 0.3 is 0 Å². The lowest BCUT2D eigenvalue weighted by Gasteiger charge is -2.29. The van der Waals surface area contributed by atoms with Crippen LogP contribution in [0, 0.1) is 5.41 Å². The third-order valence-electron chi connectivity index (χ3n) is 4.71.